The summed E-state index contributed by atoms with van der Waals surface area (Å²) in [6.45, 7) is 6.95. The molecule has 4 rings (SSSR count). The van der Waals surface area contributed by atoms with Crippen LogP contribution in [0.5, 0.6) is 0 Å². The van der Waals surface area contributed by atoms with Gasteiger partial charge in [-0.3, -0.25) is 9.59 Å². The summed E-state index contributed by atoms with van der Waals surface area (Å²) in [4.78, 5) is 23.3. The summed E-state index contributed by atoms with van der Waals surface area (Å²) in [5.41, 5.74) is -0.701. The number of aliphatic hydroxyl groups excluding tert-OH is 2. The third-order valence-electron chi connectivity index (χ3n) is 9.03. The van der Waals surface area contributed by atoms with Crippen molar-refractivity contribution in [1.29, 1.82) is 0 Å². The van der Waals surface area contributed by atoms with Crippen molar-refractivity contribution in [2.24, 2.45) is 28.6 Å². The number of hydrogen-bond acceptors (Lipinski definition) is 6. The summed E-state index contributed by atoms with van der Waals surface area (Å²) in [5, 5.41) is 22.3. The lowest BCUT2D eigenvalue weighted by atomic mass is 9.46. The standard InChI is InChI=1S/C25H34O6/c1-6-25(31-15(3)27)10-9-18-17-8-7-16-11-21(30-14(2)26)19(28)12-23(16,4)22(17)20(29)13-24(18,25)5/h1,7,17-22,28-29H,8-13H2,2-5H3/t17-,18-,19+,20-,21+,22+,23-,24-,25-/m0/s1. The lowest BCUT2D eigenvalue weighted by Crippen LogP contribution is -2.61. The fourth-order valence-electron chi connectivity index (χ4n) is 7.81. The summed E-state index contributed by atoms with van der Waals surface area (Å²) in [7, 11) is 0. The first-order valence-corrected chi connectivity index (χ1v) is 11.4. The number of fused-ring (bicyclic) bond motifs is 5. The van der Waals surface area contributed by atoms with E-state index in [9.17, 15) is 19.8 Å². The Kier molecular flexibility index (Phi) is 5.30. The zero-order valence-electron chi connectivity index (χ0n) is 18.9. The Bertz CT molecular complexity index is 857. The second kappa shape index (κ2) is 7.35. The molecule has 0 aliphatic heterocycles. The smallest absolute Gasteiger partial charge is 0.304 e. The van der Waals surface area contributed by atoms with E-state index in [-0.39, 0.29) is 29.1 Å². The molecule has 0 heterocycles. The number of carbonyl (C=O) groups is 2. The minimum atomic E-state index is -0.993. The van der Waals surface area contributed by atoms with Crippen LogP contribution in [-0.4, -0.2) is 46.1 Å². The van der Waals surface area contributed by atoms with Crippen LogP contribution in [0.4, 0.5) is 0 Å². The largest absolute Gasteiger partial charge is 0.459 e. The van der Waals surface area contributed by atoms with Crippen molar-refractivity contribution >= 4 is 11.9 Å². The van der Waals surface area contributed by atoms with E-state index in [4.69, 9.17) is 15.9 Å². The van der Waals surface area contributed by atoms with Crippen molar-refractivity contribution in [2.75, 3.05) is 0 Å². The maximum Gasteiger partial charge on any atom is 0.304 e. The SMILES string of the molecule is C#C[C@]1(OC(C)=O)CC[C@H]2[C@@H]3CC=C4C[C@@H](OC(C)=O)[C@H](O)C[C@]4(C)[C@H]3[C@@H](O)C[C@@]21C. The zero-order chi connectivity index (χ0) is 22.8. The minimum absolute atomic E-state index is 0.0237. The highest BCUT2D eigenvalue weighted by Gasteiger charge is 2.68. The third-order valence-corrected chi connectivity index (χ3v) is 9.03. The van der Waals surface area contributed by atoms with Gasteiger partial charge in [-0.1, -0.05) is 31.4 Å². The van der Waals surface area contributed by atoms with Gasteiger partial charge in [0, 0.05) is 25.7 Å². The second-order valence-electron chi connectivity index (χ2n) is 10.6. The molecule has 6 nitrogen and oxygen atoms in total. The first-order valence-electron chi connectivity index (χ1n) is 11.4. The van der Waals surface area contributed by atoms with E-state index in [2.05, 4.69) is 25.8 Å². The fourth-order valence-corrected chi connectivity index (χ4v) is 7.81. The number of aliphatic hydroxyl groups is 2. The Morgan fingerprint density at radius 2 is 1.87 bits per heavy atom. The molecule has 0 aromatic carbocycles. The van der Waals surface area contributed by atoms with Gasteiger partial charge in [-0.05, 0) is 55.3 Å². The number of esters is 2. The molecule has 9 atom stereocenters. The van der Waals surface area contributed by atoms with E-state index in [1.807, 2.05) is 0 Å². The van der Waals surface area contributed by atoms with Gasteiger partial charge in [-0.2, -0.15) is 0 Å². The summed E-state index contributed by atoms with van der Waals surface area (Å²) < 4.78 is 11.1. The Morgan fingerprint density at radius 3 is 2.48 bits per heavy atom. The van der Waals surface area contributed by atoms with Crippen LogP contribution >= 0.6 is 0 Å². The van der Waals surface area contributed by atoms with E-state index in [0.29, 0.717) is 25.7 Å². The van der Waals surface area contributed by atoms with Gasteiger partial charge >= 0.3 is 11.9 Å². The number of hydrogen-bond donors (Lipinski definition) is 2. The van der Waals surface area contributed by atoms with Gasteiger partial charge in [0.05, 0.1) is 12.2 Å². The van der Waals surface area contributed by atoms with Gasteiger partial charge in [-0.15, -0.1) is 6.42 Å². The van der Waals surface area contributed by atoms with Crippen LogP contribution in [0.15, 0.2) is 11.6 Å². The molecule has 0 spiro atoms. The number of ether oxygens (including phenoxy) is 2. The summed E-state index contributed by atoms with van der Waals surface area (Å²) in [6.07, 6.45) is 9.89. The highest BCUT2D eigenvalue weighted by molar-refractivity contribution is 5.67. The summed E-state index contributed by atoms with van der Waals surface area (Å²) >= 11 is 0. The summed E-state index contributed by atoms with van der Waals surface area (Å²) in [6, 6.07) is 0. The highest BCUT2D eigenvalue weighted by atomic mass is 16.6. The predicted molar refractivity (Wildman–Crippen MR) is 113 cm³/mol. The van der Waals surface area contributed by atoms with Crippen LogP contribution in [-0.2, 0) is 19.1 Å². The first kappa shape index (κ1) is 22.4. The monoisotopic (exact) mass is 430 g/mol. The molecule has 170 valence electrons. The van der Waals surface area contributed by atoms with E-state index in [0.717, 1.165) is 18.4 Å². The van der Waals surface area contributed by atoms with E-state index in [1.54, 1.807) is 0 Å². The van der Waals surface area contributed by atoms with Crippen LogP contribution in [0.2, 0.25) is 0 Å². The first-order chi connectivity index (χ1) is 14.5. The molecule has 6 heteroatoms. The topological polar surface area (TPSA) is 93.1 Å². The van der Waals surface area contributed by atoms with Gasteiger partial charge < -0.3 is 19.7 Å². The van der Waals surface area contributed by atoms with Gasteiger partial charge in [-0.25, -0.2) is 0 Å². The highest BCUT2D eigenvalue weighted by Crippen LogP contribution is 2.67. The van der Waals surface area contributed by atoms with Crippen LogP contribution in [0, 0.1) is 40.9 Å². The number of allylic oxidation sites excluding steroid dienone is 1. The average Bonchev–Trinajstić information content (AvgIpc) is 2.93. The molecule has 2 N–H and O–H groups in total. The molecule has 4 aliphatic rings. The Balaban J connectivity index is 1.69. The van der Waals surface area contributed by atoms with Gasteiger partial charge in [0.2, 0.25) is 0 Å². The molecule has 0 saturated heterocycles. The van der Waals surface area contributed by atoms with Gasteiger partial charge in [0.1, 0.15) is 6.10 Å². The molecule has 4 aliphatic carbocycles. The molecular formula is C25H34O6. The molecule has 0 unspecified atom stereocenters. The lowest BCUT2D eigenvalue weighted by molar-refractivity contribution is -0.186. The van der Waals surface area contributed by atoms with Crippen molar-refractivity contribution in [3.63, 3.8) is 0 Å². The van der Waals surface area contributed by atoms with E-state index in [1.165, 1.54) is 13.8 Å². The van der Waals surface area contributed by atoms with E-state index >= 15 is 0 Å². The maximum absolute atomic E-state index is 11.9. The minimum Gasteiger partial charge on any atom is -0.459 e. The average molecular weight is 431 g/mol. The molecule has 0 aromatic rings. The molecule has 0 amide bonds. The van der Waals surface area contributed by atoms with Crippen LogP contribution < -0.4 is 0 Å². The summed E-state index contributed by atoms with van der Waals surface area (Å²) in [5.74, 6) is 2.40. The van der Waals surface area contributed by atoms with Crippen molar-refractivity contribution in [1.82, 2.24) is 0 Å². The van der Waals surface area contributed by atoms with Gasteiger partial charge in [0.15, 0.2) is 5.60 Å². The molecule has 0 radical (unpaired) electrons. The fraction of sp³-hybridized carbons (Fsp3) is 0.760. The Hall–Kier alpha value is -1.84. The van der Waals surface area contributed by atoms with Crippen LogP contribution in [0.1, 0.15) is 66.2 Å². The second-order valence-corrected chi connectivity index (χ2v) is 10.6. The predicted octanol–water partition coefficient (Wildman–Crippen LogP) is 2.76. The molecule has 0 aromatic heterocycles. The maximum atomic E-state index is 11.9. The third kappa shape index (κ3) is 3.15. The zero-order valence-corrected chi connectivity index (χ0v) is 18.9. The Morgan fingerprint density at radius 1 is 1.16 bits per heavy atom. The van der Waals surface area contributed by atoms with Gasteiger partial charge in [0.25, 0.3) is 0 Å². The van der Waals surface area contributed by atoms with Crippen molar-refractivity contribution in [3.8, 4) is 12.3 Å². The molecule has 31 heavy (non-hydrogen) atoms. The Labute approximate surface area is 184 Å². The van der Waals surface area contributed by atoms with Crippen LogP contribution in [0.25, 0.3) is 0 Å². The molecule has 0 bridgehead atoms. The van der Waals surface area contributed by atoms with E-state index < -0.39 is 35.3 Å². The normalized spacial score (nSPS) is 48.4. The molecule has 3 saturated carbocycles. The quantitative estimate of drug-likeness (QED) is 0.398. The lowest BCUT2D eigenvalue weighted by Gasteiger charge is -2.60. The van der Waals surface area contributed by atoms with Crippen LogP contribution in [0.3, 0.4) is 0 Å². The molecular weight excluding hydrogens is 396 g/mol. The number of rotatable bonds is 2. The van der Waals surface area contributed by atoms with Crippen molar-refractivity contribution in [3.05, 3.63) is 11.6 Å². The van der Waals surface area contributed by atoms with Crippen molar-refractivity contribution < 1.29 is 29.3 Å². The molecule has 3 fully saturated rings. The number of carbonyl (C=O) groups excluding carboxylic acids is 2. The van der Waals surface area contributed by atoms with Crippen molar-refractivity contribution in [2.45, 2.75) is 90.1 Å². The number of terminal acetylenes is 1.